The Morgan fingerprint density at radius 3 is 2.43 bits per heavy atom. The summed E-state index contributed by atoms with van der Waals surface area (Å²) in [5.41, 5.74) is 2.01. The Balaban J connectivity index is 1.75. The highest BCUT2D eigenvalue weighted by Crippen LogP contribution is 1.97. The molecular weight excluding hydrogens is 268 g/mol. The molecule has 0 fully saturated rings. The minimum atomic E-state index is -0.277. The molecule has 0 aliphatic heterocycles. The van der Waals surface area contributed by atoms with Gasteiger partial charge in [0, 0.05) is 5.56 Å². The van der Waals surface area contributed by atoms with Crippen LogP contribution in [0, 0.1) is 6.92 Å². The predicted octanol–water partition coefficient (Wildman–Crippen LogP) is 0.831. The van der Waals surface area contributed by atoms with Gasteiger partial charge in [-0.3, -0.25) is 9.59 Å². The van der Waals surface area contributed by atoms with Crippen LogP contribution in [0.5, 0.6) is 0 Å². The highest BCUT2D eigenvalue weighted by atomic mass is 16.2. The Labute approximate surface area is 122 Å². The number of carbonyl (C=O) groups is 2. The Hall–Kier alpha value is -2.76. The van der Waals surface area contributed by atoms with Gasteiger partial charge in [0.25, 0.3) is 5.91 Å². The predicted molar refractivity (Wildman–Crippen MR) is 77.4 cm³/mol. The molecule has 6 heteroatoms. The van der Waals surface area contributed by atoms with E-state index in [9.17, 15) is 9.59 Å². The molecule has 1 heterocycles. The minimum absolute atomic E-state index is 0.0764. The van der Waals surface area contributed by atoms with E-state index < -0.39 is 0 Å². The zero-order valence-electron chi connectivity index (χ0n) is 11.7. The summed E-state index contributed by atoms with van der Waals surface area (Å²) in [5, 5.41) is 13.1. The van der Waals surface area contributed by atoms with Crippen LogP contribution in [0.25, 0.3) is 0 Å². The normalized spacial score (nSPS) is 9.95. The first-order chi connectivity index (χ1) is 10.1. The Kier molecular flexibility index (Phi) is 4.98. The molecule has 108 valence electrons. The molecule has 1 aromatic heterocycles. The van der Waals surface area contributed by atoms with Crippen LogP contribution in [0.3, 0.4) is 0 Å². The highest BCUT2D eigenvalue weighted by molar-refractivity contribution is 5.96. The molecule has 0 spiro atoms. The van der Waals surface area contributed by atoms with E-state index in [1.807, 2.05) is 19.1 Å². The summed E-state index contributed by atoms with van der Waals surface area (Å²) >= 11 is 0. The first-order valence-corrected chi connectivity index (χ1v) is 6.54. The fourth-order valence-electron chi connectivity index (χ4n) is 1.62. The lowest BCUT2D eigenvalue weighted by molar-refractivity contribution is -0.120. The Morgan fingerprint density at radius 2 is 1.76 bits per heavy atom. The average molecular weight is 284 g/mol. The maximum atomic E-state index is 11.7. The van der Waals surface area contributed by atoms with Crippen molar-refractivity contribution in [1.82, 2.24) is 20.8 Å². The van der Waals surface area contributed by atoms with Gasteiger partial charge in [-0.15, -0.1) is 0 Å². The van der Waals surface area contributed by atoms with Gasteiger partial charge >= 0.3 is 0 Å². The van der Waals surface area contributed by atoms with E-state index in [2.05, 4.69) is 20.8 Å². The molecular formula is C15H16N4O2. The van der Waals surface area contributed by atoms with E-state index in [4.69, 9.17) is 0 Å². The Bertz CT molecular complexity index is 611. The summed E-state index contributed by atoms with van der Waals surface area (Å²) < 4.78 is 0. The van der Waals surface area contributed by atoms with Gasteiger partial charge in [-0.2, -0.15) is 10.2 Å². The van der Waals surface area contributed by atoms with E-state index in [-0.39, 0.29) is 24.9 Å². The maximum Gasteiger partial charge on any atom is 0.251 e. The number of aromatic nitrogens is 2. The van der Waals surface area contributed by atoms with Gasteiger partial charge in [0.2, 0.25) is 5.91 Å². The smallest absolute Gasteiger partial charge is 0.251 e. The maximum absolute atomic E-state index is 11.7. The van der Waals surface area contributed by atoms with E-state index >= 15 is 0 Å². The lowest BCUT2D eigenvalue weighted by Crippen LogP contribution is -2.36. The molecule has 1 aromatic carbocycles. The van der Waals surface area contributed by atoms with Gasteiger partial charge in [-0.1, -0.05) is 18.2 Å². The molecule has 0 unspecified atom stereocenters. The third-order valence-electron chi connectivity index (χ3n) is 2.77. The molecule has 0 atom stereocenters. The number of nitrogens with one attached hydrogen (secondary N) is 2. The number of benzene rings is 1. The van der Waals surface area contributed by atoms with Gasteiger partial charge in [-0.25, -0.2) is 0 Å². The van der Waals surface area contributed by atoms with Crippen molar-refractivity contribution in [1.29, 1.82) is 0 Å². The molecule has 2 amide bonds. The van der Waals surface area contributed by atoms with Crippen LogP contribution in [0.4, 0.5) is 0 Å². The molecule has 0 saturated carbocycles. The fourth-order valence-corrected chi connectivity index (χ4v) is 1.62. The molecule has 0 saturated heterocycles. The van der Waals surface area contributed by atoms with Gasteiger partial charge in [0.05, 0.1) is 24.5 Å². The van der Waals surface area contributed by atoms with E-state index in [0.717, 1.165) is 5.69 Å². The van der Waals surface area contributed by atoms with Crippen molar-refractivity contribution in [2.75, 3.05) is 6.54 Å². The fraction of sp³-hybridized carbons (Fsp3) is 0.200. The first-order valence-electron chi connectivity index (χ1n) is 6.54. The number of hydrogen-bond acceptors (Lipinski definition) is 4. The summed E-state index contributed by atoms with van der Waals surface area (Å²) in [6, 6.07) is 12.4. The van der Waals surface area contributed by atoms with Crippen LogP contribution in [-0.4, -0.2) is 28.6 Å². The van der Waals surface area contributed by atoms with Crippen LogP contribution >= 0.6 is 0 Å². The minimum Gasteiger partial charge on any atom is -0.349 e. The van der Waals surface area contributed by atoms with Crippen molar-refractivity contribution >= 4 is 11.8 Å². The van der Waals surface area contributed by atoms with Gasteiger partial charge < -0.3 is 10.6 Å². The summed E-state index contributed by atoms with van der Waals surface area (Å²) in [5.74, 6) is -0.553. The topological polar surface area (TPSA) is 84.0 Å². The molecule has 2 N–H and O–H groups in total. The highest BCUT2D eigenvalue weighted by Gasteiger charge is 2.07. The molecule has 0 aliphatic rings. The second-order valence-corrected chi connectivity index (χ2v) is 4.49. The summed E-state index contributed by atoms with van der Waals surface area (Å²) in [6.45, 7) is 2.05. The molecule has 6 nitrogen and oxygen atoms in total. The largest absolute Gasteiger partial charge is 0.349 e. The monoisotopic (exact) mass is 284 g/mol. The van der Waals surface area contributed by atoms with Crippen LogP contribution in [0.15, 0.2) is 42.5 Å². The first kappa shape index (κ1) is 14.6. The lowest BCUT2D eigenvalue weighted by atomic mass is 10.2. The third-order valence-corrected chi connectivity index (χ3v) is 2.77. The van der Waals surface area contributed by atoms with Crippen molar-refractivity contribution in [3.8, 4) is 0 Å². The molecule has 21 heavy (non-hydrogen) atoms. The quantitative estimate of drug-likeness (QED) is 0.852. The van der Waals surface area contributed by atoms with E-state index in [1.165, 1.54) is 0 Å². The van der Waals surface area contributed by atoms with Crippen molar-refractivity contribution < 1.29 is 9.59 Å². The number of carbonyl (C=O) groups excluding carboxylic acids is 2. The van der Waals surface area contributed by atoms with E-state index in [0.29, 0.717) is 11.3 Å². The number of hydrogen-bond donors (Lipinski definition) is 2. The van der Waals surface area contributed by atoms with Crippen molar-refractivity contribution in [2.24, 2.45) is 0 Å². The van der Waals surface area contributed by atoms with Gasteiger partial charge in [0.15, 0.2) is 0 Å². The third kappa shape index (κ3) is 4.68. The van der Waals surface area contributed by atoms with Crippen molar-refractivity contribution in [3.63, 3.8) is 0 Å². The lowest BCUT2D eigenvalue weighted by Gasteiger charge is -2.06. The van der Waals surface area contributed by atoms with Crippen molar-refractivity contribution in [3.05, 3.63) is 59.4 Å². The van der Waals surface area contributed by atoms with Crippen molar-refractivity contribution in [2.45, 2.75) is 13.5 Å². The van der Waals surface area contributed by atoms with Gasteiger partial charge in [-0.05, 0) is 31.2 Å². The molecule has 0 aliphatic carbocycles. The number of rotatable bonds is 5. The van der Waals surface area contributed by atoms with Gasteiger partial charge in [0.1, 0.15) is 0 Å². The Morgan fingerprint density at radius 1 is 1.00 bits per heavy atom. The average Bonchev–Trinajstić information content (AvgIpc) is 2.53. The summed E-state index contributed by atoms with van der Waals surface area (Å²) in [7, 11) is 0. The number of nitrogens with zero attached hydrogens (tertiary/aromatic N) is 2. The zero-order chi connectivity index (χ0) is 15.1. The van der Waals surface area contributed by atoms with Crippen LogP contribution in [0.1, 0.15) is 21.7 Å². The standard InChI is InChI=1S/C15H16N4O2/c1-11-7-8-13(19-18-11)9-16-14(20)10-17-15(21)12-5-3-2-4-6-12/h2-8H,9-10H2,1H3,(H,16,20)(H,17,21). The SMILES string of the molecule is Cc1ccc(CNC(=O)CNC(=O)c2ccccc2)nn1. The number of amides is 2. The second kappa shape index (κ2) is 7.14. The molecule has 2 rings (SSSR count). The van der Waals surface area contributed by atoms with Crippen LogP contribution in [0.2, 0.25) is 0 Å². The zero-order valence-corrected chi connectivity index (χ0v) is 11.7. The van der Waals surface area contributed by atoms with Crippen LogP contribution in [-0.2, 0) is 11.3 Å². The summed E-state index contributed by atoms with van der Waals surface area (Å²) in [6.07, 6.45) is 0. The molecule has 0 radical (unpaired) electrons. The second-order valence-electron chi connectivity index (χ2n) is 4.49. The molecule has 0 bridgehead atoms. The van der Waals surface area contributed by atoms with E-state index in [1.54, 1.807) is 30.3 Å². The number of aryl methyl sites for hydroxylation is 1. The van der Waals surface area contributed by atoms with Crippen LogP contribution < -0.4 is 10.6 Å². The molecule has 2 aromatic rings. The summed E-state index contributed by atoms with van der Waals surface area (Å²) in [4.78, 5) is 23.4.